The number of rotatable bonds is 3. The molecule has 2 amide bonds. The second-order valence-electron chi connectivity index (χ2n) is 4.58. The summed E-state index contributed by atoms with van der Waals surface area (Å²) in [5, 5.41) is 2.54. The van der Waals surface area contributed by atoms with Gasteiger partial charge >= 0.3 is 0 Å². The van der Waals surface area contributed by atoms with Gasteiger partial charge in [0, 0.05) is 31.5 Å². The van der Waals surface area contributed by atoms with Crippen molar-refractivity contribution in [3.05, 3.63) is 59.7 Å². The van der Waals surface area contributed by atoms with E-state index in [1.165, 1.54) is 29.3 Å². The highest BCUT2D eigenvalue weighted by molar-refractivity contribution is 6.05. The predicted molar refractivity (Wildman–Crippen MR) is 76.6 cm³/mol. The van der Waals surface area contributed by atoms with Gasteiger partial charge in [0.1, 0.15) is 0 Å². The van der Waals surface area contributed by atoms with Crippen LogP contribution in [-0.2, 0) is 0 Å². The van der Waals surface area contributed by atoms with E-state index < -0.39 is 11.9 Å². The summed E-state index contributed by atoms with van der Waals surface area (Å²) in [7, 11) is 3.28. The molecule has 0 spiro atoms. The van der Waals surface area contributed by atoms with Crippen LogP contribution in [0.15, 0.2) is 42.6 Å². The van der Waals surface area contributed by atoms with Crippen LogP contribution in [0.1, 0.15) is 20.7 Å². The van der Waals surface area contributed by atoms with E-state index in [4.69, 9.17) is 0 Å². The number of nitrogens with zero attached hydrogens (tertiary/aromatic N) is 2. The van der Waals surface area contributed by atoms with E-state index in [-0.39, 0.29) is 11.5 Å². The molecule has 0 aliphatic heterocycles. The minimum atomic E-state index is -0.837. The fourth-order valence-corrected chi connectivity index (χ4v) is 1.74. The van der Waals surface area contributed by atoms with Crippen molar-refractivity contribution < 1.29 is 14.0 Å². The first-order valence-electron chi connectivity index (χ1n) is 6.22. The molecule has 6 heteroatoms. The van der Waals surface area contributed by atoms with Gasteiger partial charge in [0.05, 0.1) is 5.56 Å². The quantitative estimate of drug-likeness (QED) is 0.880. The third-order valence-corrected chi connectivity index (χ3v) is 2.78. The number of pyridine rings is 1. The number of carbonyl (C=O) groups is 2. The number of hydrogen-bond donors (Lipinski definition) is 1. The third kappa shape index (κ3) is 3.42. The van der Waals surface area contributed by atoms with Crippen molar-refractivity contribution in [2.45, 2.75) is 0 Å². The minimum absolute atomic E-state index is 0.151. The van der Waals surface area contributed by atoms with Gasteiger partial charge in [0.15, 0.2) is 0 Å². The van der Waals surface area contributed by atoms with Crippen molar-refractivity contribution in [2.75, 3.05) is 19.4 Å². The summed E-state index contributed by atoms with van der Waals surface area (Å²) in [5.74, 6) is -1.63. The van der Waals surface area contributed by atoms with E-state index in [2.05, 4.69) is 10.3 Å². The molecule has 0 saturated heterocycles. The number of carbonyl (C=O) groups excluding carboxylic acids is 2. The van der Waals surface area contributed by atoms with Crippen LogP contribution in [0.5, 0.6) is 0 Å². The van der Waals surface area contributed by atoms with Crippen LogP contribution in [0.4, 0.5) is 10.1 Å². The molecule has 0 atom stereocenters. The molecule has 21 heavy (non-hydrogen) atoms. The van der Waals surface area contributed by atoms with Crippen molar-refractivity contribution in [3.63, 3.8) is 0 Å². The van der Waals surface area contributed by atoms with Gasteiger partial charge in [-0.1, -0.05) is 6.07 Å². The van der Waals surface area contributed by atoms with Crippen LogP contribution in [0.2, 0.25) is 0 Å². The standard InChI is InChI=1S/C15H14FN3O2/c1-19(2)15(21)10-5-3-6-11(9-10)18-14(20)12-7-4-8-17-13(12)16/h3-9H,1-2H3,(H,18,20). The Balaban J connectivity index is 2.21. The molecule has 0 radical (unpaired) electrons. The van der Waals surface area contributed by atoms with Crippen LogP contribution in [0, 0.1) is 5.95 Å². The number of hydrogen-bond acceptors (Lipinski definition) is 3. The van der Waals surface area contributed by atoms with Crippen LogP contribution in [0.3, 0.4) is 0 Å². The molecule has 1 heterocycles. The normalized spacial score (nSPS) is 10.0. The third-order valence-electron chi connectivity index (χ3n) is 2.78. The van der Waals surface area contributed by atoms with Gasteiger partial charge in [0.2, 0.25) is 5.95 Å². The average molecular weight is 287 g/mol. The minimum Gasteiger partial charge on any atom is -0.345 e. The molecule has 0 aliphatic rings. The smallest absolute Gasteiger partial charge is 0.260 e. The SMILES string of the molecule is CN(C)C(=O)c1cccc(NC(=O)c2cccnc2F)c1. The maximum atomic E-state index is 13.4. The fraction of sp³-hybridized carbons (Fsp3) is 0.133. The van der Waals surface area contributed by atoms with Crippen molar-refractivity contribution in [3.8, 4) is 0 Å². The summed E-state index contributed by atoms with van der Waals surface area (Å²) in [6.07, 6.45) is 1.27. The number of nitrogens with one attached hydrogen (secondary N) is 1. The van der Waals surface area contributed by atoms with Gasteiger partial charge in [0.25, 0.3) is 11.8 Å². The van der Waals surface area contributed by atoms with Crippen LogP contribution < -0.4 is 5.32 Å². The van der Waals surface area contributed by atoms with Gasteiger partial charge < -0.3 is 10.2 Å². The predicted octanol–water partition coefficient (Wildman–Crippen LogP) is 2.17. The van der Waals surface area contributed by atoms with Gasteiger partial charge in [-0.3, -0.25) is 9.59 Å². The number of anilines is 1. The Hall–Kier alpha value is -2.76. The van der Waals surface area contributed by atoms with E-state index in [0.29, 0.717) is 11.3 Å². The highest BCUT2D eigenvalue weighted by Gasteiger charge is 2.13. The molecular formula is C15H14FN3O2. The first kappa shape index (κ1) is 14.6. The summed E-state index contributed by atoms with van der Waals surface area (Å²) in [5.41, 5.74) is 0.697. The molecule has 1 aromatic carbocycles. The lowest BCUT2D eigenvalue weighted by atomic mass is 10.1. The first-order valence-corrected chi connectivity index (χ1v) is 6.22. The Kier molecular flexibility index (Phi) is 4.27. The molecule has 1 aromatic heterocycles. The Labute approximate surface area is 121 Å². The molecular weight excluding hydrogens is 273 g/mol. The number of aromatic nitrogens is 1. The number of benzene rings is 1. The summed E-state index contributed by atoms with van der Waals surface area (Å²) < 4.78 is 13.4. The zero-order valence-electron chi connectivity index (χ0n) is 11.6. The van der Waals surface area contributed by atoms with Crippen molar-refractivity contribution in [2.24, 2.45) is 0 Å². The molecule has 0 fully saturated rings. The van der Waals surface area contributed by atoms with Crippen molar-refractivity contribution in [1.82, 2.24) is 9.88 Å². The van der Waals surface area contributed by atoms with E-state index in [1.54, 1.807) is 32.3 Å². The molecule has 108 valence electrons. The maximum absolute atomic E-state index is 13.4. The highest BCUT2D eigenvalue weighted by Crippen LogP contribution is 2.14. The van der Waals surface area contributed by atoms with E-state index >= 15 is 0 Å². The summed E-state index contributed by atoms with van der Waals surface area (Å²) in [4.78, 5) is 28.7. The summed E-state index contributed by atoms with van der Waals surface area (Å²) >= 11 is 0. The lowest BCUT2D eigenvalue weighted by Crippen LogP contribution is -2.22. The molecule has 2 aromatic rings. The maximum Gasteiger partial charge on any atom is 0.260 e. The molecule has 0 unspecified atom stereocenters. The molecule has 1 N–H and O–H groups in total. The fourth-order valence-electron chi connectivity index (χ4n) is 1.74. The summed E-state index contributed by atoms with van der Waals surface area (Å²) in [6.45, 7) is 0. The first-order chi connectivity index (χ1) is 9.99. The second kappa shape index (κ2) is 6.13. The molecule has 5 nitrogen and oxygen atoms in total. The van der Waals surface area contributed by atoms with Gasteiger partial charge in [-0.05, 0) is 30.3 Å². The van der Waals surface area contributed by atoms with Crippen molar-refractivity contribution >= 4 is 17.5 Å². The monoisotopic (exact) mass is 287 g/mol. The molecule has 0 bridgehead atoms. The largest absolute Gasteiger partial charge is 0.345 e. The van der Waals surface area contributed by atoms with Gasteiger partial charge in [-0.2, -0.15) is 4.39 Å². The van der Waals surface area contributed by atoms with Crippen LogP contribution in [-0.4, -0.2) is 35.8 Å². The Morgan fingerprint density at radius 2 is 1.95 bits per heavy atom. The van der Waals surface area contributed by atoms with Crippen LogP contribution >= 0.6 is 0 Å². The van der Waals surface area contributed by atoms with E-state index in [9.17, 15) is 14.0 Å². The molecule has 0 saturated carbocycles. The average Bonchev–Trinajstić information content (AvgIpc) is 2.47. The summed E-state index contributed by atoms with van der Waals surface area (Å²) in [6, 6.07) is 9.26. The van der Waals surface area contributed by atoms with Crippen LogP contribution in [0.25, 0.3) is 0 Å². The Morgan fingerprint density at radius 3 is 2.62 bits per heavy atom. The zero-order valence-corrected chi connectivity index (χ0v) is 11.6. The lowest BCUT2D eigenvalue weighted by Gasteiger charge is -2.11. The van der Waals surface area contributed by atoms with E-state index in [0.717, 1.165) is 0 Å². The topological polar surface area (TPSA) is 62.3 Å². The zero-order chi connectivity index (χ0) is 15.4. The number of halogens is 1. The second-order valence-corrected chi connectivity index (χ2v) is 4.58. The Bertz CT molecular complexity index is 686. The Morgan fingerprint density at radius 1 is 1.19 bits per heavy atom. The number of amides is 2. The lowest BCUT2D eigenvalue weighted by molar-refractivity contribution is 0.0827. The molecule has 0 aliphatic carbocycles. The molecule has 2 rings (SSSR count). The van der Waals surface area contributed by atoms with Crippen molar-refractivity contribution in [1.29, 1.82) is 0 Å². The van der Waals surface area contributed by atoms with E-state index in [1.807, 2.05) is 0 Å². The van der Waals surface area contributed by atoms with Gasteiger partial charge in [-0.15, -0.1) is 0 Å². The van der Waals surface area contributed by atoms with Gasteiger partial charge in [-0.25, -0.2) is 4.98 Å². The highest BCUT2D eigenvalue weighted by atomic mass is 19.1.